The molecule has 1 aromatic rings. The van der Waals surface area contributed by atoms with Crippen LogP contribution in [0.25, 0.3) is 0 Å². The first-order valence-electron chi connectivity index (χ1n) is 5.38. The van der Waals surface area contributed by atoms with Crippen LogP contribution in [-0.2, 0) is 0 Å². The highest BCUT2D eigenvalue weighted by atomic mass is 32.1. The maximum atomic E-state index is 11.9. The summed E-state index contributed by atoms with van der Waals surface area (Å²) in [6.45, 7) is 3.04. The van der Waals surface area contributed by atoms with Gasteiger partial charge in [0.1, 0.15) is 0 Å². The van der Waals surface area contributed by atoms with Crippen LogP contribution in [0.2, 0.25) is 0 Å². The molecule has 1 aliphatic rings. The molecule has 2 rings (SSSR count). The first-order valence-corrected chi connectivity index (χ1v) is 6.20. The monoisotopic (exact) mass is 240 g/mol. The summed E-state index contributed by atoms with van der Waals surface area (Å²) in [5.74, 6) is 1.40. The molecule has 2 atom stereocenters. The zero-order chi connectivity index (χ0) is 11.7. The van der Waals surface area contributed by atoms with E-state index in [4.69, 9.17) is 0 Å². The van der Waals surface area contributed by atoms with Crippen LogP contribution >= 0.6 is 11.3 Å². The van der Waals surface area contributed by atoms with E-state index in [0.29, 0.717) is 16.1 Å². The number of anilines is 1. The van der Waals surface area contributed by atoms with Crippen molar-refractivity contribution in [3.8, 4) is 0 Å². The number of nitrogens with zero attached hydrogens (tertiary/aromatic N) is 3. The van der Waals surface area contributed by atoms with Crippen LogP contribution in [0.4, 0.5) is 5.13 Å². The van der Waals surface area contributed by atoms with Crippen molar-refractivity contribution in [2.45, 2.75) is 13.3 Å². The van der Waals surface area contributed by atoms with E-state index < -0.39 is 0 Å². The number of carbonyl (C=O) groups excluding carboxylic acids is 1. The number of carbonyl (C=O) groups is 1. The van der Waals surface area contributed by atoms with Gasteiger partial charge in [-0.25, -0.2) is 0 Å². The Balaban J connectivity index is 1.95. The lowest BCUT2D eigenvalue weighted by Gasteiger charge is -2.14. The second-order valence-corrected chi connectivity index (χ2v) is 5.30. The number of aromatic nitrogens is 2. The molecule has 0 aromatic carbocycles. The van der Waals surface area contributed by atoms with Crippen molar-refractivity contribution in [2.75, 3.05) is 26.0 Å². The zero-order valence-electron chi connectivity index (χ0n) is 9.73. The highest BCUT2D eigenvalue weighted by Gasteiger charge is 2.34. The summed E-state index contributed by atoms with van der Waals surface area (Å²) in [5, 5.41) is 11.7. The minimum absolute atomic E-state index is 0.0295. The maximum absolute atomic E-state index is 11.9. The molecule has 1 fully saturated rings. The molecular weight excluding hydrogens is 224 g/mol. The van der Waals surface area contributed by atoms with E-state index in [1.807, 2.05) is 7.05 Å². The lowest BCUT2D eigenvalue weighted by molar-refractivity contribution is 0.0786. The molecule has 1 aromatic heterocycles. The van der Waals surface area contributed by atoms with Gasteiger partial charge in [0.15, 0.2) is 0 Å². The molecule has 1 N–H and O–H groups in total. The molecule has 1 amide bonds. The van der Waals surface area contributed by atoms with Crippen molar-refractivity contribution < 1.29 is 4.79 Å². The topological polar surface area (TPSA) is 58.1 Å². The van der Waals surface area contributed by atoms with Crippen molar-refractivity contribution in [2.24, 2.45) is 11.8 Å². The van der Waals surface area contributed by atoms with Gasteiger partial charge >= 0.3 is 0 Å². The van der Waals surface area contributed by atoms with Crippen molar-refractivity contribution in [1.82, 2.24) is 15.1 Å². The van der Waals surface area contributed by atoms with E-state index in [0.717, 1.165) is 12.5 Å². The average molecular weight is 240 g/mol. The highest BCUT2D eigenvalue weighted by molar-refractivity contribution is 7.17. The predicted octanol–water partition coefficient (Wildman–Crippen LogP) is 1.31. The van der Waals surface area contributed by atoms with Gasteiger partial charge in [0.2, 0.25) is 10.1 Å². The molecule has 0 spiro atoms. The summed E-state index contributed by atoms with van der Waals surface area (Å²) < 4.78 is 0. The Bertz CT molecular complexity index is 392. The van der Waals surface area contributed by atoms with Crippen LogP contribution in [0.1, 0.15) is 23.1 Å². The summed E-state index contributed by atoms with van der Waals surface area (Å²) in [4.78, 5) is 13.7. The van der Waals surface area contributed by atoms with Crippen molar-refractivity contribution in [3.05, 3.63) is 5.01 Å². The van der Waals surface area contributed by atoms with Gasteiger partial charge in [-0.05, 0) is 18.3 Å². The average Bonchev–Trinajstić information content (AvgIpc) is 2.82. The minimum atomic E-state index is -0.0295. The quantitative estimate of drug-likeness (QED) is 0.862. The molecule has 1 aliphatic carbocycles. The van der Waals surface area contributed by atoms with Gasteiger partial charge in [-0.1, -0.05) is 18.3 Å². The predicted molar refractivity (Wildman–Crippen MR) is 63.7 cm³/mol. The van der Waals surface area contributed by atoms with Crippen LogP contribution in [0.3, 0.4) is 0 Å². The molecule has 0 aliphatic heterocycles. The molecule has 2 unspecified atom stereocenters. The van der Waals surface area contributed by atoms with E-state index in [1.54, 1.807) is 11.9 Å². The fourth-order valence-electron chi connectivity index (χ4n) is 1.66. The fraction of sp³-hybridized carbons (Fsp3) is 0.700. The Morgan fingerprint density at radius 1 is 1.62 bits per heavy atom. The normalized spacial score (nSPS) is 22.9. The van der Waals surface area contributed by atoms with E-state index >= 15 is 0 Å². The first-order chi connectivity index (χ1) is 7.61. The van der Waals surface area contributed by atoms with Crippen LogP contribution in [0.15, 0.2) is 0 Å². The Labute approximate surface area is 98.9 Å². The van der Waals surface area contributed by atoms with Gasteiger partial charge in [0.25, 0.3) is 5.91 Å². The third-order valence-electron chi connectivity index (χ3n) is 2.95. The van der Waals surface area contributed by atoms with Crippen LogP contribution in [0.5, 0.6) is 0 Å². The summed E-state index contributed by atoms with van der Waals surface area (Å²) in [6, 6.07) is 0. The molecule has 0 bridgehead atoms. The summed E-state index contributed by atoms with van der Waals surface area (Å²) >= 11 is 1.29. The molecular formula is C10H16N4OS. The van der Waals surface area contributed by atoms with E-state index in [9.17, 15) is 4.79 Å². The molecule has 88 valence electrons. The number of nitrogens with one attached hydrogen (secondary N) is 1. The maximum Gasteiger partial charge on any atom is 0.284 e. The molecule has 6 heteroatoms. The van der Waals surface area contributed by atoms with Gasteiger partial charge < -0.3 is 10.2 Å². The van der Waals surface area contributed by atoms with Crippen molar-refractivity contribution >= 4 is 22.4 Å². The Morgan fingerprint density at radius 2 is 2.31 bits per heavy atom. The van der Waals surface area contributed by atoms with Crippen LogP contribution < -0.4 is 5.32 Å². The van der Waals surface area contributed by atoms with E-state index in [2.05, 4.69) is 22.4 Å². The fourth-order valence-corrected chi connectivity index (χ4v) is 2.35. The smallest absolute Gasteiger partial charge is 0.284 e. The Hall–Kier alpha value is -1.17. The number of hydrogen-bond donors (Lipinski definition) is 1. The summed E-state index contributed by atoms with van der Waals surface area (Å²) in [6.07, 6.45) is 1.23. The molecule has 1 saturated carbocycles. The Kier molecular flexibility index (Phi) is 3.09. The minimum Gasteiger partial charge on any atom is -0.363 e. The van der Waals surface area contributed by atoms with E-state index in [-0.39, 0.29) is 5.91 Å². The van der Waals surface area contributed by atoms with Crippen LogP contribution in [0, 0.1) is 11.8 Å². The number of amides is 1. The molecule has 0 saturated heterocycles. The summed E-state index contributed by atoms with van der Waals surface area (Å²) in [7, 11) is 3.60. The SMILES string of the molecule is CNc1nnc(C(=O)N(C)CC2CC2C)s1. The first kappa shape index (κ1) is 11.3. The van der Waals surface area contributed by atoms with Gasteiger partial charge in [-0.15, -0.1) is 10.2 Å². The van der Waals surface area contributed by atoms with Crippen molar-refractivity contribution in [1.29, 1.82) is 0 Å². The summed E-state index contributed by atoms with van der Waals surface area (Å²) in [5.41, 5.74) is 0. The number of hydrogen-bond acceptors (Lipinski definition) is 5. The highest BCUT2D eigenvalue weighted by Crippen LogP contribution is 2.38. The van der Waals surface area contributed by atoms with E-state index in [1.165, 1.54) is 17.8 Å². The standard InChI is InChI=1S/C10H16N4OS/c1-6-4-7(6)5-14(3)9(15)8-12-13-10(11-2)16-8/h6-7H,4-5H2,1-3H3,(H,11,13). The largest absolute Gasteiger partial charge is 0.363 e. The van der Waals surface area contributed by atoms with Gasteiger partial charge in [0, 0.05) is 20.6 Å². The lowest BCUT2D eigenvalue weighted by atomic mass is 10.3. The second-order valence-electron chi connectivity index (χ2n) is 4.32. The lowest BCUT2D eigenvalue weighted by Crippen LogP contribution is -2.28. The van der Waals surface area contributed by atoms with Crippen LogP contribution in [-0.4, -0.2) is 41.6 Å². The molecule has 5 nitrogen and oxygen atoms in total. The number of rotatable bonds is 4. The molecule has 1 heterocycles. The third kappa shape index (κ3) is 2.32. The van der Waals surface area contributed by atoms with Crippen molar-refractivity contribution in [3.63, 3.8) is 0 Å². The zero-order valence-corrected chi connectivity index (χ0v) is 10.5. The van der Waals surface area contributed by atoms with Gasteiger partial charge in [0.05, 0.1) is 0 Å². The molecule has 0 radical (unpaired) electrons. The van der Waals surface area contributed by atoms with Gasteiger partial charge in [-0.2, -0.15) is 0 Å². The third-order valence-corrected chi connectivity index (χ3v) is 3.88. The second kappa shape index (κ2) is 4.37. The molecule has 16 heavy (non-hydrogen) atoms. The Morgan fingerprint density at radius 3 is 2.81 bits per heavy atom. The van der Waals surface area contributed by atoms with Gasteiger partial charge in [-0.3, -0.25) is 4.79 Å².